The van der Waals surface area contributed by atoms with Gasteiger partial charge in [-0.25, -0.2) is 0 Å². The number of rotatable bonds is 6. The van der Waals surface area contributed by atoms with Crippen molar-refractivity contribution in [2.24, 2.45) is 17.3 Å². The standard InChI is InChI=1S/C24H28N2O3/c1-15(2)14-17-21(24(17,3)4)23(28)25-18-11-7-6-10-16(18)22(27)26-19-12-8-9-13-20(19)29-5/h6-14,17,21H,1-5H3,(H,25,28)(H,26,27)/t17-,21+/m0/s1. The Kier molecular flexibility index (Phi) is 5.78. The Morgan fingerprint density at radius 1 is 0.966 bits per heavy atom. The van der Waals surface area contributed by atoms with Crippen molar-refractivity contribution < 1.29 is 14.3 Å². The molecule has 1 fully saturated rings. The predicted molar refractivity (Wildman–Crippen MR) is 116 cm³/mol. The number of benzene rings is 2. The van der Waals surface area contributed by atoms with Crippen LogP contribution in [0.3, 0.4) is 0 Å². The largest absolute Gasteiger partial charge is 0.495 e. The topological polar surface area (TPSA) is 67.4 Å². The lowest BCUT2D eigenvalue weighted by Gasteiger charge is -2.13. The summed E-state index contributed by atoms with van der Waals surface area (Å²) < 4.78 is 5.29. The van der Waals surface area contributed by atoms with Crippen LogP contribution in [-0.4, -0.2) is 18.9 Å². The zero-order chi connectivity index (χ0) is 21.2. The minimum absolute atomic E-state index is 0.0601. The number of hydrogen-bond acceptors (Lipinski definition) is 3. The van der Waals surface area contributed by atoms with Crippen LogP contribution < -0.4 is 15.4 Å². The molecule has 2 N–H and O–H groups in total. The maximum absolute atomic E-state index is 12.9. The average Bonchev–Trinajstić information content (AvgIpc) is 3.21. The zero-order valence-electron chi connectivity index (χ0n) is 17.6. The number of carbonyl (C=O) groups is 2. The van der Waals surface area contributed by atoms with Crippen LogP contribution in [0, 0.1) is 17.3 Å². The molecule has 5 heteroatoms. The van der Waals surface area contributed by atoms with Gasteiger partial charge in [-0.1, -0.05) is 49.8 Å². The number of amides is 2. The molecule has 3 rings (SSSR count). The van der Waals surface area contributed by atoms with Gasteiger partial charge in [0.05, 0.1) is 30.0 Å². The molecule has 0 saturated heterocycles. The average molecular weight is 392 g/mol. The van der Waals surface area contributed by atoms with Crippen molar-refractivity contribution in [3.63, 3.8) is 0 Å². The van der Waals surface area contributed by atoms with Crippen molar-refractivity contribution in [3.8, 4) is 5.75 Å². The van der Waals surface area contributed by atoms with E-state index in [0.29, 0.717) is 22.7 Å². The fourth-order valence-corrected chi connectivity index (χ4v) is 3.79. The first-order valence-corrected chi connectivity index (χ1v) is 9.75. The molecule has 0 bridgehead atoms. The van der Waals surface area contributed by atoms with Crippen LogP contribution in [0.5, 0.6) is 5.75 Å². The highest BCUT2D eigenvalue weighted by atomic mass is 16.5. The highest BCUT2D eigenvalue weighted by molar-refractivity contribution is 6.11. The number of hydrogen-bond donors (Lipinski definition) is 2. The van der Waals surface area contributed by atoms with E-state index in [1.807, 2.05) is 26.0 Å². The highest BCUT2D eigenvalue weighted by Gasteiger charge is 2.60. The number of carbonyl (C=O) groups excluding carboxylic acids is 2. The van der Waals surface area contributed by atoms with E-state index in [0.717, 1.165) is 0 Å². The van der Waals surface area contributed by atoms with Crippen LogP contribution >= 0.6 is 0 Å². The van der Waals surface area contributed by atoms with Crippen molar-refractivity contribution in [1.82, 2.24) is 0 Å². The van der Waals surface area contributed by atoms with Crippen molar-refractivity contribution >= 4 is 23.2 Å². The number of para-hydroxylation sites is 3. The summed E-state index contributed by atoms with van der Waals surface area (Å²) in [6, 6.07) is 14.2. The van der Waals surface area contributed by atoms with Crippen LogP contribution in [0.1, 0.15) is 38.1 Å². The molecule has 152 valence electrons. The molecule has 2 amide bonds. The van der Waals surface area contributed by atoms with Crippen molar-refractivity contribution in [2.45, 2.75) is 27.7 Å². The Morgan fingerprint density at radius 3 is 2.24 bits per heavy atom. The Balaban J connectivity index is 1.78. The molecule has 1 aliphatic carbocycles. The minimum atomic E-state index is -0.304. The third-order valence-electron chi connectivity index (χ3n) is 5.49. The molecule has 0 unspecified atom stereocenters. The number of allylic oxidation sites excluding steroid dienone is 2. The van der Waals surface area contributed by atoms with Gasteiger partial charge in [0.15, 0.2) is 0 Å². The van der Waals surface area contributed by atoms with Gasteiger partial charge < -0.3 is 15.4 Å². The first-order valence-electron chi connectivity index (χ1n) is 9.75. The number of nitrogens with one attached hydrogen (secondary N) is 2. The van der Waals surface area contributed by atoms with Gasteiger partial charge in [-0.2, -0.15) is 0 Å². The maximum Gasteiger partial charge on any atom is 0.257 e. The molecule has 0 spiro atoms. The van der Waals surface area contributed by atoms with Gasteiger partial charge >= 0.3 is 0 Å². The van der Waals surface area contributed by atoms with E-state index in [1.165, 1.54) is 5.57 Å². The first kappa shape index (κ1) is 20.6. The quantitative estimate of drug-likeness (QED) is 0.670. The Bertz CT molecular complexity index is 958. The van der Waals surface area contributed by atoms with Crippen molar-refractivity contribution in [3.05, 3.63) is 65.7 Å². The predicted octanol–water partition coefficient (Wildman–Crippen LogP) is 5.12. The summed E-state index contributed by atoms with van der Waals surface area (Å²) in [5.41, 5.74) is 2.60. The van der Waals surface area contributed by atoms with Crippen LogP contribution in [0.25, 0.3) is 0 Å². The van der Waals surface area contributed by atoms with Gasteiger partial charge in [0.2, 0.25) is 5.91 Å². The van der Waals surface area contributed by atoms with E-state index in [1.54, 1.807) is 43.5 Å². The molecule has 0 heterocycles. The molecular formula is C24H28N2O3. The minimum Gasteiger partial charge on any atom is -0.495 e. The van der Waals surface area contributed by atoms with E-state index in [4.69, 9.17) is 4.74 Å². The summed E-state index contributed by atoms with van der Waals surface area (Å²) in [5.74, 6) is 0.313. The summed E-state index contributed by atoms with van der Waals surface area (Å²) in [6.45, 7) is 8.28. The summed E-state index contributed by atoms with van der Waals surface area (Å²) >= 11 is 0. The number of methoxy groups -OCH3 is 1. The molecule has 2 aromatic carbocycles. The van der Waals surface area contributed by atoms with Crippen LogP contribution in [-0.2, 0) is 4.79 Å². The second kappa shape index (κ2) is 8.11. The maximum atomic E-state index is 12.9. The van der Waals surface area contributed by atoms with Gasteiger partial charge in [-0.15, -0.1) is 0 Å². The lowest BCUT2D eigenvalue weighted by molar-refractivity contribution is -0.118. The summed E-state index contributed by atoms with van der Waals surface area (Å²) in [5, 5.41) is 5.83. The molecule has 5 nitrogen and oxygen atoms in total. The van der Waals surface area contributed by atoms with Gasteiger partial charge in [-0.05, 0) is 49.4 Å². The Hall–Kier alpha value is -3.08. The van der Waals surface area contributed by atoms with Crippen LogP contribution in [0.4, 0.5) is 11.4 Å². The molecule has 0 radical (unpaired) electrons. The first-order chi connectivity index (χ1) is 13.8. The van der Waals surface area contributed by atoms with Crippen LogP contribution in [0.2, 0.25) is 0 Å². The van der Waals surface area contributed by atoms with Gasteiger partial charge in [0.25, 0.3) is 5.91 Å². The van der Waals surface area contributed by atoms with E-state index in [-0.39, 0.29) is 29.1 Å². The lowest BCUT2D eigenvalue weighted by atomic mass is 10.1. The van der Waals surface area contributed by atoms with Crippen molar-refractivity contribution in [1.29, 1.82) is 0 Å². The third kappa shape index (κ3) is 4.34. The lowest BCUT2D eigenvalue weighted by Crippen LogP contribution is -2.21. The molecular weight excluding hydrogens is 364 g/mol. The van der Waals surface area contributed by atoms with E-state index >= 15 is 0 Å². The zero-order valence-corrected chi connectivity index (χ0v) is 17.6. The molecule has 0 aromatic heterocycles. The highest BCUT2D eigenvalue weighted by Crippen LogP contribution is 2.59. The van der Waals surface area contributed by atoms with E-state index in [9.17, 15) is 9.59 Å². The summed E-state index contributed by atoms with van der Waals surface area (Å²) in [6.07, 6.45) is 2.16. The molecule has 1 saturated carbocycles. The second-order valence-corrected chi connectivity index (χ2v) is 8.26. The fraction of sp³-hybridized carbons (Fsp3) is 0.333. The molecule has 1 aliphatic rings. The van der Waals surface area contributed by atoms with E-state index < -0.39 is 0 Å². The fourth-order valence-electron chi connectivity index (χ4n) is 3.79. The smallest absolute Gasteiger partial charge is 0.257 e. The van der Waals surface area contributed by atoms with Crippen molar-refractivity contribution in [2.75, 3.05) is 17.7 Å². The van der Waals surface area contributed by atoms with Gasteiger partial charge in [0, 0.05) is 0 Å². The van der Waals surface area contributed by atoms with Crippen LogP contribution in [0.15, 0.2) is 60.2 Å². The van der Waals surface area contributed by atoms with E-state index in [2.05, 4.69) is 30.6 Å². The Morgan fingerprint density at radius 2 is 1.59 bits per heavy atom. The molecule has 2 aromatic rings. The van der Waals surface area contributed by atoms with Gasteiger partial charge in [0.1, 0.15) is 5.75 Å². The van der Waals surface area contributed by atoms with Gasteiger partial charge in [-0.3, -0.25) is 9.59 Å². The second-order valence-electron chi connectivity index (χ2n) is 8.26. The SMILES string of the molecule is COc1ccccc1NC(=O)c1ccccc1NC(=O)[C@H]1[C@H](C=C(C)C)C1(C)C. The number of anilines is 2. The molecule has 29 heavy (non-hydrogen) atoms. The normalized spacial score (nSPS) is 19.1. The third-order valence-corrected chi connectivity index (χ3v) is 5.49. The Labute approximate surface area is 172 Å². The summed E-state index contributed by atoms with van der Waals surface area (Å²) in [7, 11) is 1.55. The summed E-state index contributed by atoms with van der Waals surface area (Å²) in [4.78, 5) is 25.8. The molecule has 2 atom stereocenters. The monoisotopic (exact) mass is 392 g/mol. The molecule has 0 aliphatic heterocycles. The number of ether oxygens (including phenoxy) is 1.